The Kier molecular flexibility index (Phi) is 4.41. The Morgan fingerprint density at radius 1 is 1.19 bits per heavy atom. The molecule has 0 saturated carbocycles. The zero-order chi connectivity index (χ0) is 19.0. The maximum atomic E-state index is 12.2. The third kappa shape index (κ3) is 3.31. The van der Waals surface area contributed by atoms with Gasteiger partial charge in [-0.05, 0) is 37.4 Å². The van der Waals surface area contributed by atoms with Crippen molar-refractivity contribution in [2.75, 3.05) is 11.9 Å². The van der Waals surface area contributed by atoms with E-state index in [0.717, 1.165) is 28.2 Å². The smallest absolute Gasteiger partial charge is 0.268 e. The maximum Gasteiger partial charge on any atom is 0.268 e. The Morgan fingerprint density at radius 3 is 2.81 bits per heavy atom. The Bertz CT molecular complexity index is 1170. The van der Waals surface area contributed by atoms with Crippen LogP contribution in [0.25, 0.3) is 21.6 Å². The van der Waals surface area contributed by atoms with Gasteiger partial charge in [0.2, 0.25) is 0 Å². The molecule has 0 atom stereocenters. The van der Waals surface area contributed by atoms with Crippen molar-refractivity contribution >= 4 is 27.4 Å². The number of hydrogen-bond acceptors (Lipinski definition) is 7. The summed E-state index contributed by atoms with van der Waals surface area (Å²) in [6.07, 6.45) is 3.47. The summed E-state index contributed by atoms with van der Waals surface area (Å²) in [4.78, 5) is 35.1. The molecule has 4 heterocycles. The van der Waals surface area contributed by atoms with Crippen molar-refractivity contribution in [1.82, 2.24) is 24.9 Å². The highest BCUT2D eigenvalue weighted by atomic mass is 32.1. The molecule has 0 unspecified atom stereocenters. The molecule has 0 fully saturated rings. The molecule has 0 saturated heterocycles. The SMILES string of the molecule is Cc1nc(-c2cccnc2)nc(N(C)Cc2nc3ccsc3c(=O)[nH]2)c1C. The van der Waals surface area contributed by atoms with E-state index >= 15 is 0 Å². The van der Waals surface area contributed by atoms with Crippen LogP contribution in [0, 0.1) is 13.8 Å². The molecule has 0 bridgehead atoms. The minimum Gasteiger partial charge on any atom is -0.352 e. The zero-order valence-corrected chi connectivity index (χ0v) is 16.0. The number of anilines is 1. The van der Waals surface area contributed by atoms with Gasteiger partial charge < -0.3 is 9.88 Å². The molecule has 0 aromatic carbocycles. The molecule has 136 valence electrons. The van der Waals surface area contributed by atoms with Gasteiger partial charge in [-0.25, -0.2) is 15.0 Å². The minimum atomic E-state index is -0.106. The van der Waals surface area contributed by atoms with Crippen LogP contribution in [0.3, 0.4) is 0 Å². The first-order valence-electron chi connectivity index (χ1n) is 8.46. The van der Waals surface area contributed by atoms with E-state index in [1.807, 2.05) is 49.4 Å². The highest BCUT2D eigenvalue weighted by Gasteiger charge is 2.15. The molecular formula is C19H18N6OS. The van der Waals surface area contributed by atoms with E-state index in [9.17, 15) is 4.79 Å². The van der Waals surface area contributed by atoms with Crippen LogP contribution in [0.2, 0.25) is 0 Å². The van der Waals surface area contributed by atoms with Crippen LogP contribution in [0.4, 0.5) is 5.82 Å². The van der Waals surface area contributed by atoms with Crippen LogP contribution >= 0.6 is 11.3 Å². The van der Waals surface area contributed by atoms with Crippen molar-refractivity contribution in [3.63, 3.8) is 0 Å². The third-order valence-electron chi connectivity index (χ3n) is 4.40. The third-order valence-corrected chi connectivity index (χ3v) is 5.30. The fraction of sp³-hybridized carbons (Fsp3) is 0.211. The summed E-state index contributed by atoms with van der Waals surface area (Å²) in [6, 6.07) is 5.66. The van der Waals surface area contributed by atoms with Crippen molar-refractivity contribution in [2.45, 2.75) is 20.4 Å². The van der Waals surface area contributed by atoms with Gasteiger partial charge in [0.1, 0.15) is 16.3 Å². The fourth-order valence-corrected chi connectivity index (χ4v) is 3.63. The zero-order valence-electron chi connectivity index (χ0n) is 15.2. The highest BCUT2D eigenvalue weighted by Crippen LogP contribution is 2.24. The molecule has 0 amide bonds. The van der Waals surface area contributed by atoms with Crippen molar-refractivity contribution in [1.29, 1.82) is 0 Å². The van der Waals surface area contributed by atoms with E-state index in [1.165, 1.54) is 11.3 Å². The van der Waals surface area contributed by atoms with E-state index in [-0.39, 0.29) is 5.56 Å². The molecule has 27 heavy (non-hydrogen) atoms. The highest BCUT2D eigenvalue weighted by molar-refractivity contribution is 7.17. The number of pyridine rings is 1. The number of rotatable bonds is 4. The second kappa shape index (κ2) is 6.88. The van der Waals surface area contributed by atoms with Crippen molar-refractivity contribution in [3.05, 3.63) is 63.4 Å². The summed E-state index contributed by atoms with van der Waals surface area (Å²) in [7, 11) is 1.93. The average Bonchev–Trinajstić information content (AvgIpc) is 3.13. The first-order valence-corrected chi connectivity index (χ1v) is 9.34. The van der Waals surface area contributed by atoms with E-state index in [0.29, 0.717) is 22.9 Å². The van der Waals surface area contributed by atoms with Crippen molar-refractivity contribution < 1.29 is 0 Å². The van der Waals surface area contributed by atoms with Crippen LogP contribution < -0.4 is 10.5 Å². The Hall–Kier alpha value is -3.13. The summed E-state index contributed by atoms with van der Waals surface area (Å²) in [5.41, 5.74) is 3.37. The molecular weight excluding hydrogens is 360 g/mol. The number of aromatic amines is 1. The number of aryl methyl sites for hydroxylation is 1. The number of nitrogens with zero attached hydrogens (tertiary/aromatic N) is 5. The lowest BCUT2D eigenvalue weighted by Crippen LogP contribution is -2.23. The molecule has 4 rings (SSSR count). The topological polar surface area (TPSA) is 87.7 Å². The van der Waals surface area contributed by atoms with Crippen molar-refractivity contribution in [3.8, 4) is 11.4 Å². The lowest BCUT2D eigenvalue weighted by atomic mass is 10.2. The molecule has 0 aliphatic heterocycles. The van der Waals surface area contributed by atoms with Gasteiger partial charge in [-0.15, -0.1) is 11.3 Å². The van der Waals surface area contributed by atoms with Gasteiger partial charge in [-0.1, -0.05) is 0 Å². The molecule has 4 aromatic rings. The number of hydrogen-bond donors (Lipinski definition) is 1. The summed E-state index contributed by atoms with van der Waals surface area (Å²) in [6.45, 7) is 4.39. The number of fused-ring (bicyclic) bond motifs is 1. The van der Waals surface area contributed by atoms with Crippen LogP contribution in [0.1, 0.15) is 17.1 Å². The van der Waals surface area contributed by atoms with Gasteiger partial charge in [0, 0.05) is 36.3 Å². The van der Waals surface area contributed by atoms with Crippen LogP contribution in [-0.2, 0) is 6.54 Å². The molecule has 4 aromatic heterocycles. The van der Waals surface area contributed by atoms with E-state index in [1.54, 1.807) is 12.4 Å². The monoisotopic (exact) mass is 378 g/mol. The Labute approximate surface area is 159 Å². The van der Waals surface area contributed by atoms with Gasteiger partial charge in [0.05, 0.1) is 12.1 Å². The van der Waals surface area contributed by atoms with E-state index in [4.69, 9.17) is 4.98 Å². The normalized spacial score (nSPS) is 11.1. The Balaban J connectivity index is 1.71. The van der Waals surface area contributed by atoms with Gasteiger partial charge >= 0.3 is 0 Å². The quantitative estimate of drug-likeness (QED) is 0.587. The lowest BCUT2D eigenvalue weighted by molar-refractivity contribution is 0.818. The van der Waals surface area contributed by atoms with E-state index in [2.05, 4.69) is 19.9 Å². The number of H-pyrrole nitrogens is 1. The standard InChI is InChI=1S/C19H18N6OS/c1-11-12(2)21-17(13-5-4-7-20-9-13)24-18(11)25(3)10-15-22-14-6-8-27-16(14)19(26)23-15/h4-9H,10H2,1-3H3,(H,22,23,26). The van der Waals surface area contributed by atoms with Crippen molar-refractivity contribution in [2.24, 2.45) is 0 Å². The van der Waals surface area contributed by atoms with Crippen LogP contribution in [0.15, 0.2) is 40.8 Å². The fourth-order valence-electron chi connectivity index (χ4n) is 2.91. The minimum absolute atomic E-state index is 0.106. The number of thiophene rings is 1. The second-order valence-electron chi connectivity index (χ2n) is 6.33. The lowest BCUT2D eigenvalue weighted by Gasteiger charge is -2.21. The summed E-state index contributed by atoms with van der Waals surface area (Å²) >= 11 is 1.40. The van der Waals surface area contributed by atoms with Crippen LogP contribution in [-0.4, -0.2) is 32.0 Å². The molecule has 0 spiro atoms. The molecule has 8 heteroatoms. The molecule has 1 N–H and O–H groups in total. The first kappa shape index (κ1) is 17.3. The van der Waals surface area contributed by atoms with Gasteiger partial charge in [-0.3, -0.25) is 9.78 Å². The summed E-state index contributed by atoms with van der Waals surface area (Å²) < 4.78 is 0.648. The summed E-state index contributed by atoms with van der Waals surface area (Å²) in [5.74, 6) is 2.03. The van der Waals surface area contributed by atoms with Gasteiger partial charge in [-0.2, -0.15) is 0 Å². The maximum absolute atomic E-state index is 12.2. The van der Waals surface area contributed by atoms with Crippen LogP contribution in [0.5, 0.6) is 0 Å². The predicted molar refractivity (Wildman–Crippen MR) is 107 cm³/mol. The molecule has 0 aliphatic rings. The van der Waals surface area contributed by atoms with Gasteiger partial charge in [0.15, 0.2) is 5.82 Å². The molecule has 7 nitrogen and oxygen atoms in total. The Morgan fingerprint density at radius 2 is 2.04 bits per heavy atom. The summed E-state index contributed by atoms with van der Waals surface area (Å²) in [5, 5.41) is 1.87. The van der Waals surface area contributed by atoms with E-state index < -0.39 is 0 Å². The predicted octanol–water partition coefficient (Wildman–Crippen LogP) is 3.09. The molecule has 0 radical (unpaired) electrons. The largest absolute Gasteiger partial charge is 0.352 e. The first-order chi connectivity index (χ1) is 13.0. The number of aromatic nitrogens is 5. The number of nitrogens with one attached hydrogen (secondary N) is 1. The van der Waals surface area contributed by atoms with Gasteiger partial charge in [0.25, 0.3) is 5.56 Å². The average molecular weight is 378 g/mol. The molecule has 0 aliphatic carbocycles. The second-order valence-corrected chi connectivity index (χ2v) is 7.24.